The van der Waals surface area contributed by atoms with Gasteiger partial charge in [-0.3, -0.25) is 10.1 Å². The minimum Gasteiger partial charge on any atom is -0.349 e. The Kier molecular flexibility index (Phi) is 3.25. The number of nitrogens with zero attached hydrogens (tertiary/aromatic N) is 1. The smallest absolute Gasteiger partial charge is 0.293 e. The fourth-order valence-corrected chi connectivity index (χ4v) is 6.06. The second-order valence-electron chi connectivity index (χ2n) is 5.52. The standard InChI is InChI=1S/C18H13N2O3P/c21-20(22)15-10-6-12-17-18(15)19-14-9-4-5-11-16(14)24(17,23)13-7-2-1-3-8-13/h1-12,19H. The Hall–Kier alpha value is -2.91. The first-order valence-electron chi connectivity index (χ1n) is 7.42. The quantitative estimate of drug-likeness (QED) is 0.346. The third-order valence-electron chi connectivity index (χ3n) is 4.18. The maximum absolute atomic E-state index is 14.2. The molecule has 118 valence electrons. The number of benzene rings is 3. The summed E-state index contributed by atoms with van der Waals surface area (Å²) in [5.41, 5.74) is 0.887. The van der Waals surface area contributed by atoms with Gasteiger partial charge in [0.25, 0.3) is 5.69 Å². The molecule has 6 heteroatoms. The molecule has 3 aromatic carbocycles. The maximum Gasteiger partial charge on any atom is 0.293 e. The largest absolute Gasteiger partial charge is 0.349 e. The number of anilines is 2. The minimum atomic E-state index is -3.18. The van der Waals surface area contributed by atoms with Crippen molar-refractivity contribution >= 4 is 40.1 Å². The highest BCUT2D eigenvalue weighted by Gasteiger charge is 2.40. The lowest BCUT2D eigenvalue weighted by molar-refractivity contribution is -0.383. The summed E-state index contributed by atoms with van der Waals surface area (Å²) >= 11 is 0. The number of nitro groups is 1. The van der Waals surface area contributed by atoms with Gasteiger partial charge < -0.3 is 9.88 Å². The molecule has 1 unspecified atom stereocenters. The van der Waals surface area contributed by atoms with Crippen LogP contribution in [0.25, 0.3) is 0 Å². The van der Waals surface area contributed by atoms with Crippen LogP contribution in [0.3, 0.4) is 0 Å². The maximum atomic E-state index is 14.2. The van der Waals surface area contributed by atoms with E-state index in [-0.39, 0.29) is 5.69 Å². The molecule has 5 nitrogen and oxygen atoms in total. The second kappa shape index (κ2) is 5.32. The summed E-state index contributed by atoms with van der Waals surface area (Å²) in [7, 11) is -3.18. The van der Waals surface area contributed by atoms with E-state index < -0.39 is 12.1 Å². The molecular weight excluding hydrogens is 323 g/mol. The normalized spacial score (nSPS) is 18.2. The van der Waals surface area contributed by atoms with Crippen molar-refractivity contribution in [2.75, 3.05) is 5.32 Å². The Balaban J connectivity index is 2.11. The summed E-state index contributed by atoms with van der Waals surface area (Å²) in [6, 6.07) is 21.1. The third kappa shape index (κ3) is 1.99. The number of nitro benzene ring substituents is 1. The molecule has 0 aliphatic carbocycles. The number of hydrogen-bond donors (Lipinski definition) is 1. The van der Waals surface area contributed by atoms with E-state index in [0.717, 1.165) is 0 Å². The van der Waals surface area contributed by atoms with Crippen LogP contribution in [-0.4, -0.2) is 4.92 Å². The summed E-state index contributed by atoms with van der Waals surface area (Å²) in [5.74, 6) is 0. The van der Waals surface area contributed by atoms with E-state index >= 15 is 0 Å². The SMILES string of the molecule is O=[N+]([O-])c1cccc2c1Nc1ccccc1P2(=O)c1ccccc1. The molecule has 0 bridgehead atoms. The van der Waals surface area contributed by atoms with Crippen molar-refractivity contribution < 1.29 is 9.49 Å². The summed E-state index contributed by atoms with van der Waals surface area (Å²) in [4.78, 5) is 11.0. The van der Waals surface area contributed by atoms with Gasteiger partial charge in [-0.2, -0.15) is 0 Å². The van der Waals surface area contributed by atoms with Crippen LogP contribution in [0, 0.1) is 10.1 Å². The molecule has 0 spiro atoms. The van der Waals surface area contributed by atoms with Gasteiger partial charge in [0, 0.05) is 16.7 Å². The lowest BCUT2D eigenvalue weighted by Crippen LogP contribution is -2.32. The van der Waals surface area contributed by atoms with Crippen LogP contribution in [0.2, 0.25) is 0 Å². The van der Waals surface area contributed by atoms with Crippen molar-refractivity contribution in [3.05, 3.63) is 82.9 Å². The summed E-state index contributed by atoms with van der Waals surface area (Å²) < 4.78 is 14.2. The van der Waals surface area contributed by atoms with Gasteiger partial charge in [-0.15, -0.1) is 0 Å². The zero-order valence-corrected chi connectivity index (χ0v) is 13.4. The third-order valence-corrected chi connectivity index (χ3v) is 7.32. The van der Waals surface area contributed by atoms with E-state index in [9.17, 15) is 14.7 Å². The number of para-hydroxylation sites is 2. The number of fused-ring (bicyclic) bond motifs is 2. The number of rotatable bonds is 2. The highest BCUT2D eigenvalue weighted by atomic mass is 31.2. The Morgan fingerprint density at radius 2 is 1.50 bits per heavy atom. The molecule has 0 aromatic heterocycles. The van der Waals surface area contributed by atoms with Crippen LogP contribution in [0.15, 0.2) is 72.8 Å². The average Bonchev–Trinajstić information content (AvgIpc) is 2.62. The average molecular weight is 336 g/mol. The van der Waals surface area contributed by atoms with Gasteiger partial charge in [0.1, 0.15) is 5.69 Å². The fraction of sp³-hybridized carbons (Fsp3) is 0. The second-order valence-corrected chi connectivity index (χ2v) is 8.21. The molecular formula is C18H13N2O3P. The Morgan fingerprint density at radius 1 is 0.833 bits per heavy atom. The molecule has 0 saturated carbocycles. The first-order valence-corrected chi connectivity index (χ1v) is 9.13. The molecule has 3 aromatic rings. The van der Waals surface area contributed by atoms with Crippen molar-refractivity contribution in [3.8, 4) is 0 Å². The zero-order chi connectivity index (χ0) is 16.7. The van der Waals surface area contributed by atoms with Gasteiger partial charge in [-0.1, -0.05) is 48.5 Å². The predicted octanol–water partition coefficient (Wildman–Crippen LogP) is 3.29. The lowest BCUT2D eigenvalue weighted by atomic mass is 10.2. The van der Waals surface area contributed by atoms with Crippen molar-refractivity contribution in [2.24, 2.45) is 0 Å². The van der Waals surface area contributed by atoms with E-state index in [2.05, 4.69) is 5.32 Å². The van der Waals surface area contributed by atoms with E-state index in [1.165, 1.54) is 6.07 Å². The molecule has 24 heavy (non-hydrogen) atoms. The number of hydrogen-bond acceptors (Lipinski definition) is 4. The Morgan fingerprint density at radius 3 is 2.25 bits per heavy atom. The van der Waals surface area contributed by atoms with Crippen LogP contribution in [0.4, 0.5) is 17.1 Å². The molecule has 0 radical (unpaired) electrons. The van der Waals surface area contributed by atoms with Crippen LogP contribution < -0.4 is 21.2 Å². The van der Waals surface area contributed by atoms with Gasteiger partial charge in [0.15, 0.2) is 7.14 Å². The van der Waals surface area contributed by atoms with Gasteiger partial charge >= 0.3 is 0 Å². The van der Waals surface area contributed by atoms with Crippen LogP contribution in [-0.2, 0) is 4.57 Å². The topological polar surface area (TPSA) is 72.2 Å². The highest BCUT2D eigenvalue weighted by molar-refractivity contribution is 7.86. The van der Waals surface area contributed by atoms with E-state index in [4.69, 9.17) is 0 Å². The summed E-state index contributed by atoms with van der Waals surface area (Å²) in [5, 5.41) is 16.3. The highest BCUT2D eigenvalue weighted by Crippen LogP contribution is 2.51. The van der Waals surface area contributed by atoms with Crippen molar-refractivity contribution in [2.45, 2.75) is 0 Å². The fourth-order valence-electron chi connectivity index (χ4n) is 3.11. The predicted molar refractivity (Wildman–Crippen MR) is 95.8 cm³/mol. The molecule has 0 amide bonds. The summed E-state index contributed by atoms with van der Waals surface area (Å²) in [6.07, 6.45) is 0. The molecule has 4 rings (SSSR count). The molecule has 1 heterocycles. The van der Waals surface area contributed by atoms with Gasteiger partial charge in [-0.25, -0.2) is 0 Å². The zero-order valence-electron chi connectivity index (χ0n) is 12.5. The molecule has 1 aliphatic rings. The molecule has 0 saturated heterocycles. The van der Waals surface area contributed by atoms with Crippen molar-refractivity contribution in [3.63, 3.8) is 0 Å². The van der Waals surface area contributed by atoms with Gasteiger partial charge in [0.2, 0.25) is 0 Å². The van der Waals surface area contributed by atoms with E-state index in [1.54, 1.807) is 18.2 Å². The first kappa shape index (κ1) is 14.7. The lowest BCUT2D eigenvalue weighted by Gasteiger charge is -2.29. The van der Waals surface area contributed by atoms with Crippen LogP contribution >= 0.6 is 7.14 Å². The number of nitrogens with one attached hydrogen (secondary N) is 1. The molecule has 1 atom stereocenters. The van der Waals surface area contributed by atoms with Crippen LogP contribution in [0.1, 0.15) is 0 Å². The molecule has 0 fully saturated rings. The summed E-state index contributed by atoms with van der Waals surface area (Å²) in [6.45, 7) is 0. The first-order chi connectivity index (χ1) is 11.6. The van der Waals surface area contributed by atoms with Crippen molar-refractivity contribution in [1.82, 2.24) is 0 Å². The van der Waals surface area contributed by atoms with E-state index in [0.29, 0.717) is 27.3 Å². The Bertz CT molecular complexity index is 1000. The molecule has 1 aliphatic heterocycles. The minimum absolute atomic E-state index is 0.0711. The van der Waals surface area contributed by atoms with Gasteiger partial charge in [0.05, 0.1) is 15.9 Å². The van der Waals surface area contributed by atoms with Crippen molar-refractivity contribution in [1.29, 1.82) is 0 Å². The molecule has 1 N–H and O–H groups in total. The van der Waals surface area contributed by atoms with E-state index in [1.807, 2.05) is 48.5 Å². The Labute approximate surface area is 138 Å². The van der Waals surface area contributed by atoms with Gasteiger partial charge in [-0.05, 0) is 18.2 Å². The van der Waals surface area contributed by atoms with Crippen LogP contribution in [0.5, 0.6) is 0 Å². The monoisotopic (exact) mass is 336 g/mol.